The Bertz CT molecular complexity index is 387. The Balaban J connectivity index is 2.39. The lowest BCUT2D eigenvalue weighted by Gasteiger charge is -2.11. The van der Waals surface area contributed by atoms with Crippen molar-refractivity contribution >= 4 is 5.91 Å². The van der Waals surface area contributed by atoms with Crippen LogP contribution in [0.3, 0.4) is 0 Å². The van der Waals surface area contributed by atoms with Gasteiger partial charge in [0.2, 0.25) is 5.91 Å². The van der Waals surface area contributed by atoms with E-state index in [4.69, 9.17) is 0 Å². The highest BCUT2D eigenvalue weighted by Gasteiger charge is 2.10. The van der Waals surface area contributed by atoms with Crippen molar-refractivity contribution in [3.63, 3.8) is 0 Å². The summed E-state index contributed by atoms with van der Waals surface area (Å²) in [7, 11) is 0. The van der Waals surface area contributed by atoms with E-state index in [1.54, 1.807) is 0 Å². The van der Waals surface area contributed by atoms with E-state index in [0.29, 0.717) is 18.5 Å². The van der Waals surface area contributed by atoms with Crippen LogP contribution >= 0.6 is 0 Å². The van der Waals surface area contributed by atoms with Crippen molar-refractivity contribution in [3.8, 4) is 5.75 Å². The van der Waals surface area contributed by atoms with E-state index in [1.165, 1.54) is 12.1 Å². The van der Waals surface area contributed by atoms with E-state index < -0.39 is 5.82 Å². The summed E-state index contributed by atoms with van der Waals surface area (Å²) >= 11 is 0. The van der Waals surface area contributed by atoms with Gasteiger partial charge in [-0.1, -0.05) is 20.3 Å². The largest absolute Gasteiger partial charge is 0.508 e. The third-order valence-electron chi connectivity index (χ3n) is 2.82. The zero-order chi connectivity index (χ0) is 13.5. The van der Waals surface area contributed by atoms with Gasteiger partial charge in [0.05, 0.1) is 0 Å². The average Bonchev–Trinajstić information content (AvgIpc) is 2.27. The zero-order valence-corrected chi connectivity index (χ0v) is 10.9. The van der Waals surface area contributed by atoms with Crippen LogP contribution in [0.15, 0.2) is 18.2 Å². The van der Waals surface area contributed by atoms with Gasteiger partial charge in [0.25, 0.3) is 0 Å². The molecule has 1 amide bonds. The minimum absolute atomic E-state index is 0.0101. The summed E-state index contributed by atoms with van der Waals surface area (Å²) in [5, 5.41) is 12.0. The fraction of sp³-hybridized carbons (Fsp3) is 0.500. The first-order valence-electron chi connectivity index (χ1n) is 6.29. The number of aromatic hydroxyl groups is 1. The Hall–Kier alpha value is -1.58. The van der Waals surface area contributed by atoms with Gasteiger partial charge in [0, 0.05) is 18.5 Å². The minimum Gasteiger partial charge on any atom is -0.508 e. The van der Waals surface area contributed by atoms with E-state index in [-0.39, 0.29) is 17.6 Å². The number of phenolic OH excluding ortho intramolecular Hbond substituents is 1. The Morgan fingerprint density at radius 2 is 2.17 bits per heavy atom. The molecule has 18 heavy (non-hydrogen) atoms. The molecule has 2 N–H and O–H groups in total. The maximum absolute atomic E-state index is 13.0. The van der Waals surface area contributed by atoms with Crippen molar-refractivity contribution in [3.05, 3.63) is 29.6 Å². The van der Waals surface area contributed by atoms with Crippen LogP contribution in [0.5, 0.6) is 5.75 Å². The highest BCUT2D eigenvalue weighted by atomic mass is 19.1. The molecular formula is C14H20FNO2. The lowest BCUT2D eigenvalue weighted by molar-refractivity contribution is -0.124. The number of nitrogens with one attached hydrogen (secondary N) is 1. The number of benzene rings is 1. The maximum Gasteiger partial charge on any atom is 0.222 e. The molecule has 0 aliphatic heterocycles. The first kappa shape index (κ1) is 14.5. The van der Waals surface area contributed by atoms with Crippen LogP contribution in [0.2, 0.25) is 0 Å². The zero-order valence-electron chi connectivity index (χ0n) is 10.9. The number of hydrogen-bond donors (Lipinski definition) is 2. The number of halogens is 1. The van der Waals surface area contributed by atoms with Crippen LogP contribution in [0.4, 0.5) is 4.39 Å². The molecule has 4 heteroatoms. The van der Waals surface area contributed by atoms with Crippen LogP contribution in [0.25, 0.3) is 0 Å². The summed E-state index contributed by atoms with van der Waals surface area (Å²) in [5.41, 5.74) is 0.677. The summed E-state index contributed by atoms with van der Waals surface area (Å²) in [4.78, 5) is 11.6. The Morgan fingerprint density at radius 1 is 1.44 bits per heavy atom. The third-order valence-corrected chi connectivity index (χ3v) is 2.82. The van der Waals surface area contributed by atoms with Gasteiger partial charge < -0.3 is 10.4 Å². The van der Waals surface area contributed by atoms with Gasteiger partial charge in [-0.15, -0.1) is 0 Å². The van der Waals surface area contributed by atoms with Gasteiger partial charge in [0.15, 0.2) is 0 Å². The first-order valence-corrected chi connectivity index (χ1v) is 6.29. The standard InChI is InChI=1S/C14H20FNO2/c1-3-4-10(2)14(18)16-6-5-11-7-12(15)9-13(17)8-11/h7-10,17H,3-6H2,1-2H3,(H,16,18). The van der Waals surface area contributed by atoms with Crippen LogP contribution < -0.4 is 5.32 Å². The second-order valence-corrected chi connectivity index (χ2v) is 4.55. The molecule has 0 saturated carbocycles. The van der Waals surface area contributed by atoms with E-state index in [2.05, 4.69) is 5.32 Å². The van der Waals surface area contributed by atoms with Crippen molar-refractivity contribution in [1.29, 1.82) is 0 Å². The molecule has 0 saturated heterocycles. The number of rotatable bonds is 6. The van der Waals surface area contributed by atoms with Crippen LogP contribution in [-0.2, 0) is 11.2 Å². The predicted molar refractivity (Wildman–Crippen MR) is 68.9 cm³/mol. The van der Waals surface area contributed by atoms with Gasteiger partial charge in [-0.2, -0.15) is 0 Å². The second-order valence-electron chi connectivity index (χ2n) is 4.55. The summed E-state index contributed by atoms with van der Waals surface area (Å²) in [6, 6.07) is 3.93. The van der Waals surface area contributed by atoms with Crippen molar-refractivity contribution in [1.82, 2.24) is 5.32 Å². The molecule has 0 aliphatic rings. The molecular weight excluding hydrogens is 233 g/mol. The molecule has 1 aromatic rings. The van der Waals surface area contributed by atoms with E-state index >= 15 is 0 Å². The van der Waals surface area contributed by atoms with Gasteiger partial charge >= 0.3 is 0 Å². The van der Waals surface area contributed by atoms with Gasteiger partial charge in [-0.05, 0) is 30.5 Å². The molecule has 3 nitrogen and oxygen atoms in total. The molecule has 0 aromatic heterocycles. The smallest absolute Gasteiger partial charge is 0.222 e. The molecule has 0 spiro atoms. The molecule has 0 radical (unpaired) electrons. The fourth-order valence-corrected chi connectivity index (χ4v) is 1.85. The molecule has 1 rings (SSSR count). The van der Waals surface area contributed by atoms with Crippen molar-refractivity contribution in [2.45, 2.75) is 33.1 Å². The van der Waals surface area contributed by atoms with Crippen molar-refractivity contribution in [2.24, 2.45) is 5.92 Å². The van der Waals surface area contributed by atoms with Crippen LogP contribution in [0, 0.1) is 11.7 Å². The highest BCUT2D eigenvalue weighted by molar-refractivity contribution is 5.78. The number of phenols is 1. The summed E-state index contributed by atoms with van der Waals surface area (Å²) in [6.45, 7) is 4.39. The van der Waals surface area contributed by atoms with Crippen molar-refractivity contribution < 1.29 is 14.3 Å². The lowest BCUT2D eigenvalue weighted by Crippen LogP contribution is -2.30. The number of carbonyl (C=O) groups is 1. The van der Waals surface area contributed by atoms with E-state index in [0.717, 1.165) is 18.9 Å². The Kier molecular flexibility index (Phi) is 5.62. The highest BCUT2D eigenvalue weighted by Crippen LogP contribution is 2.14. The van der Waals surface area contributed by atoms with Crippen molar-refractivity contribution in [2.75, 3.05) is 6.54 Å². The lowest BCUT2D eigenvalue weighted by atomic mass is 10.1. The number of amides is 1. The average molecular weight is 253 g/mol. The van der Waals surface area contributed by atoms with Gasteiger partial charge in [-0.3, -0.25) is 4.79 Å². The van der Waals surface area contributed by atoms with E-state index in [9.17, 15) is 14.3 Å². The molecule has 1 aromatic carbocycles. The number of carbonyl (C=O) groups excluding carboxylic acids is 1. The van der Waals surface area contributed by atoms with Gasteiger partial charge in [0.1, 0.15) is 11.6 Å². The fourth-order valence-electron chi connectivity index (χ4n) is 1.85. The topological polar surface area (TPSA) is 49.3 Å². The van der Waals surface area contributed by atoms with Gasteiger partial charge in [-0.25, -0.2) is 4.39 Å². The SMILES string of the molecule is CCCC(C)C(=O)NCCc1cc(O)cc(F)c1. The molecule has 0 heterocycles. The summed E-state index contributed by atoms with van der Waals surface area (Å²) < 4.78 is 13.0. The normalized spacial score (nSPS) is 12.2. The molecule has 1 unspecified atom stereocenters. The quantitative estimate of drug-likeness (QED) is 0.818. The Labute approximate surface area is 107 Å². The monoisotopic (exact) mass is 253 g/mol. The predicted octanol–water partition coefficient (Wildman–Crippen LogP) is 2.63. The Morgan fingerprint density at radius 3 is 2.78 bits per heavy atom. The first-order chi connectivity index (χ1) is 8.52. The second kappa shape index (κ2) is 6.99. The summed E-state index contributed by atoms with van der Waals surface area (Å²) in [6.07, 6.45) is 2.36. The summed E-state index contributed by atoms with van der Waals surface area (Å²) in [5.74, 6) is -0.514. The van der Waals surface area contributed by atoms with E-state index in [1.807, 2.05) is 13.8 Å². The minimum atomic E-state index is -0.462. The van der Waals surface area contributed by atoms with Crippen LogP contribution in [0.1, 0.15) is 32.3 Å². The molecule has 100 valence electrons. The number of hydrogen-bond acceptors (Lipinski definition) is 2. The molecule has 0 aliphatic carbocycles. The van der Waals surface area contributed by atoms with Crippen LogP contribution in [-0.4, -0.2) is 17.6 Å². The molecule has 0 bridgehead atoms. The molecule has 1 atom stereocenters. The maximum atomic E-state index is 13.0. The third kappa shape index (κ3) is 4.73. The molecule has 0 fully saturated rings.